The Morgan fingerprint density at radius 1 is 1.59 bits per heavy atom. The van der Waals surface area contributed by atoms with Crippen LogP contribution in [-0.4, -0.2) is 28.5 Å². The minimum atomic E-state index is -4.40. The van der Waals surface area contributed by atoms with E-state index in [-0.39, 0.29) is 18.0 Å². The minimum absolute atomic E-state index is 0.0191. The van der Waals surface area contributed by atoms with Gasteiger partial charge in [-0.05, 0) is 6.07 Å². The second-order valence-corrected chi connectivity index (χ2v) is 3.27. The standard InChI is InChI=1S/C8H8ClF3N2O3/c1-14-6(7(15)17-9)2-5(13-14)3-16-4-8(10,11)12/h2H,3-4H2,1H3. The lowest BCUT2D eigenvalue weighted by Crippen LogP contribution is -2.16. The van der Waals surface area contributed by atoms with Crippen LogP contribution >= 0.6 is 11.9 Å². The number of aromatic nitrogens is 2. The molecule has 5 nitrogen and oxygen atoms in total. The van der Waals surface area contributed by atoms with Crippen LogP contribution in [0, 0.1) is 0 Å². The molecule has 1 heterocycles. The summed E-state index contributed by atoms with van der Waals surface area (Å²) in [5.74, 6) is -0.844. The molecule has 0 saturated heterocycles. The molecule has 0 radical (unpaired) electrons. The highest BCUT2D eigenvalue weighted by atomic mass is 35.5. The number of carbonyl (C=O) groups excluding carboxylic acids is 1. The van der Waals surface area contributed by atoms with E-state index in [2.05, 4.69) is 14.1 Å². The summed E-state index contributed by atoms with van der Waals surface area (Å²) in [6.07, 6.45) is -4.40. The normalized spacial score (nSPS) is 11.6. The van der Waals surface area contributed by atoms with Crippen LogP contribution in [0.1, 0.15) is 16.2 Å². The molecule has 0 aliphatic heterocycles. The average molecular weight is 273 g/mol. The third kappa shape index (κ3) is 4.23. The summed E-state index contributed by atoms with van der Waals surface area (Å²) in [5.41, 5.74) is 0.194. The summed E-state index contributed by atoms with van der Waals surface area (Å²) in [7, 11) is 1.43. The van der Waals surface area contributed by atoms with Crippen LogP contribution in [-0.2, 0) is 22.7 Å². The lowest BCUT2D eigenvalue weighted by Gasteiger charge is -2.05. The van der Waals surface area contributed by atoms with Crippen molar-refractivity contribution in [2.75, 3.05) is 6.61 Å². The zero-order valence-electron chi connectivity index (χ0n) is 8.62. The van der Waals surface area contributed by atoms with E-state index in [4.69, 9.17) is 11.9 Å². The monoisotopic (exact) mass is 272 g/mol. The fourth-order valence-corrected chi connectivity index (χ4v) is 1.18. The van der Waals surface area contributed by atoms with Crippen LogP contribution in [0.25, 0.3) is 0 Å². The molecule has 0 spiro atoms. The predicted molar refractivity (Wildman–Crippen MR) is 50.2 cm³/mol. The summed E-state index contributed by atoms with van der Waals surface area (Å²) in [5, 5.41) is 3.76. The quantitative estimate of drug-likeness (QED) is 0.839. The van der Waals surface area contributed by atoms with Crippen LogP contribution in [0.3, 0.4) is 0 Å². The summed E-state index contributed by atoms with van der Waals surface area (Å²) in [6.45, 7) is -1.73. The number of alkyl halides is 3. The smallest absolute Gasteiger partial charge is 0.366 e. The molecule has 9 heteroatoms. The Balaban J connectivity index is 2.59. The lowest BCUT2D eigenvalue weighted by molar-refractivity contribution is -0.176. The molecule has 17 heavy (non-hydrogen) atoms. The van der Waals surface area contributed by atoms with Gasteiger partial charge in [-0.3, -0.25) is 4.68 Å². The Hall–Kier alpha value is -1.28. The van der Waals surface area contributed by atoms with E-state index in [1.54, 1.807) is 0 Å². The van der Waals surface area contributed by atoms with E-state index in [0.29, 0.717) is 0 Å². The summed E-state index contributed by atoms with van der Waals surface area (Å²) < 4.78 is 44.8. The number of nitrogens with zero attached hydrogens (tertiary/aromatic N) is 2. The Morgan fingerprint density at radius 2 is 2.24 bits per heavy atom. The highest BCUT2D eigenvalue weighted by molar-refractivity contribution is 6.15. The van der Waals surface area contributed by atoms with Gasteiger partial charge in [0, 0.05) is 7.05 Å². The largest absolute Gasteiger partial charge is 0.411 e. The van der Waals surface area contributed by atoms with Crippen molar-refractivity contribution in [2.45, 2.75) is 12.8 Å². The number of halogens is 4. The number of ether oxygens (including phenoxy) is 1. The Labute approximate surface area is 99.2 Å². The van der Waals surface area contributed by atoms with E-state index < -0.39 is 18.8 Å². The number of hydrogen-bond acceptors (Lipinski definition) is 4. The van der Waals surface area contributed by atoms with Crippen molar-refractivity contribution in [2.24, 2.45) is 7.05 Å². The molecule has 1 rings (SSSR count). The van der Waals surface area contributed by atoms with Crippen LogP contribution in [0.4, 0.5) is 13.2 Å². The Morgan fingerprint density at radius 3 is 2.76 bits per heavy atom. The van der Waals surface area contributed by atoms with Crippen molar-refractivity contribution < 1.29 is 27.0 Å². The third-order valence-electron chi connectivity index (χ3n) is 1.73. The SMILES string of the molecule is Cn1nc(COCC(F)(F)F)cc1C(=O)OCl. The van der Waals surface area contributed by atoms with E-state index in [9.17, 15) is 18.0 Å². The van der Waals surface area contributed by atoms with Gasteiger partial charge < -0.3 is 9.03 Å². The van der Waals surface area contributed by atoms with Gasteiger partial charge in [-0.2, -0.15) is 18.3 Å². The van der Waals surface area contributed by atoms with Gasteiger partial charge >= 0.3 is 12.1 Å². The molecule has 0 unspecified atom stereocenters. The van der Waals surface area contributed by atoms with Crippen LogP contribution in [0.5, 0.6) is 0 Å². The van der Waals surface area contributed by atoms with Crippen molar-refractivity contribution in [3.8, 4) is 0 Å². The highest BCUT2D eigenvalue weighted by Gasteiger charge is 2.27. The zero-order chi connectivity index (χ0) is 13.1. The number of hydrogen-bond donors (Lipinski definition) is 0. The molecule has 0 aliphatic carbocycles. The first-order valence-corrected chi connectivity index (χ1v) is 4.64. The first-order valence-electron chi connectivity index (χ1n) is 4.34. The van der Waals surface area contributed by atoms with Gasteiger partial charge in [0.25, 0.3) is 0 Å². The Kier molecular flexibility index (Phi) is 4.35. The molecule has 0 bridgehead atoms. The molecule has 96 valence electrons. The van der Waals surface area contributed by atoms with Crippen molar-refractivity contribution in [1.82, 2.24) is 9.78 Å². The van der Waals surface area contributed by atoms with E-state index in [1.165, 1.54) is 13.1 Å². The summed E-state index contributed by atoms with van der Waals surface area (Å²) in [6, 6.07) is 1.24. The molecule has 0 fully saturated rings. The van der Waals surface area contributed by atoms with E-state index in [0.717, 1.165) is 4.68 Å². The van der Waals surface area contributed by atoms with Gasteiger partial charge in [0.05, 0.1) is 12.3 Å². The van der Waals surface area contributed by atoms with Crippen LogP contribution in [0.15, 0.2) is 6.07 Å². The highest BCUT2D eigenvalue weighted by Crippen LogP contribution is 2.15. The fourth-order valence-electron chi connectivity index (χ4n) is 1.10. The number of carbonyl (C=O) groups is 1. The zero-order valence-corrected chi connectivity index (χ0v) is 9.38. The van der Waals surface area contributed by atoms with Crippen molar-refractivity contribution >= 4 is 17.8 Å². The van der Waals surface area contributed by atoms with Gasteiger partial charge in [-0.25, -0.2) is 4.79 Å². The maximum Gasteiger partial charge on any atom is 0.411 e. The van der Waals surface area contributed by atoms with Crippen LogP contribution < -0.4 is 0 Å². The Bertz CT molecular complexity index is 405. The molecule has 0 amide bonds. The van der Waals surface area contributed by atoms with E-state index >= 15 is 0 Å². The maximum atomic E-state index is 11.8. The second-order valence-electron chi connectivity index (χ2n) is 3.12. The molecule has 0 atom stereocenters. The molecule has 0 N–H and O–H groups in total. The summed E-state index contributed by atoms with van der Waals surface area (Å²) >= 11 is 4.86. The molecular formula is C8H8ClF3N2O3. The summed E-state index contributed by atoms with van der Waals surface area (Å²) in [4.78, 5) is 11.0. The molecule has 0 aromatic carbocycles. The number of rotatable bonds is 4. The third-order valence-corrected chi connectivity index (χ3v) is 1.87. The fraction of sp³-hybridized carbons (Fsp3) is 0.500. The second kappa shape index (κ2) is 5.37. The molecule has 1 aromatic heterocycles. The van der Waals surface area contributed by atoms with Crippen molar-refractivity contribution in [3.05, 3.63) is 17.5 Å². The first-order chi connectivity index (χ1) is 7.83. The van der Waals surface area contributed by atoms with Gasteiger partial charge in [-0.1, -0.05) is 0 Å². The molecule has 0 aliphatic rings. The topological polar surface area (TPSA) is 53.4 Å². The predicted octanol–water partition coefficient (Wildman–Crippen LogP) is 1.81. The van der Waals surface area contributed by atoms with Gasteiger partial charge in [0.2, 0.25) is 0 Å². The average Bonchev–Trinajstić information content (AvgIpc) is 2.57. The van der Waals surface area contributed by atoms with Gasteiger partial charge in [0.15, 0.2) is 0 Å². The van der Waals surface area contributed by atoms with Gasteiger partial charge in [0.1, 0.15) is 24.2 Å². The van der Waals surface area contributed by atoms with Crippen molar-refractivity contribution in [1.29, 1.82) is 0 Å². The minimum Gasteiger partial charge on any atom is -0.366 e. The van der Waals surface area contributed by atoms with Crippen LogP contribution in [0.2, 0.25) is 0 Å². The lowest BCUT2D eigenvalue weighted by atomic mass is 10.3. The first kappa shape index (κ1) is 13.8. The molecule has 0 saturated carbocycles. The van der Waals surface area contributed by atoms with Crippen molar-refractivity contribution in [3.63, 3.8) is 0 Å². The molecule has 1 aromatic rings. The van der Waals surface area contributed by atoms with Gasteiger partial charge in [-0.15, -0.1) is 0 Å². The maximum absolute atomic E-state index is 11.8. The van der Waals surface area contributed by atoms with E-state index in [1.807, 2.05) is 0 Å². The molecular weight excluding hydrogens is 265 g/mol. The number of aryl methyl sites for hydroxylation is 1.